The molecule has 2 N–H and O–H groups in total. The molecule has 0 saturated carbocycles. The molecule has 1 saturated heterocycles. The third-order valence-corrected chi connectivity index (χ3v) is 4.29. The molecule has 1 aliphatic heterocycles. The Morgan fingerprint density at radius 2 is 1.91 bits per heavy atom. The van der Waals surface area contributed by atoms with Crippen LogP contribution in [0.2, 0.25) is 0 Å². The third kappa shape index (κ3) is 4.01. The predicted molar refractivity (Wildman–Crippen MR) is 89.1 cm³/mol. The van der Waals surface area contributed by atoms with Gasteiger partial charge >= 0.3 is 0 Å². The first-order valence-electron chi connectivity index (χ1n) is 8.20. The van der Waals surface area contributed by atoms with Crippen LogP contribution in [0.4, 0.5) is 0 Å². The highest BCUT2D eigenvalue weighted by molar-refractivity contribution is 5.81. The van der Waals surface area contributed by atoms with E-state index in [-0.39, 0.29) is 11.9 Å². The maximum Gasteiger partial charge on any atom is 0.263 e. The summed E-state index contributed by atoms with van der Waals surface area (Å²) in [5, 5.41) is 0. The number of rotatable bonds is 4. The van der Waals surface area contributed by atoms with Gasteiger partial charge in [0.15, 0.2) is 6.10 Å². The molecule has 22 heavy (non-hydrogen) atoms. The molecule has 0 unspecified atom stereocenters. The third-order valence-electron chi connectivity index (χ3n) is 4.29. The number of hydrogen-bond donors (Lipinski definition) is 1. The maximum absolute atomic E-state index is 12.5. The Bertz CT molecular complexity index is 520. The zero-order chi connectivity index (χ0) is 16.3. The first-order chi connectivity index (χ1) is 10.4. The Labute approximate surface area is 133 Å². The van der Waals surface area contributed by atoms with E-state index in [1.165, 1.54) is 0 Å². The zero-order valence-corrected chi connectivity index (χ0v) is 14.1. The first-order valence-corrected chi connectivity index (χ1v) is 8.20. The number of aryl methyl sites for hydroxylation is 1. The van der Waals surface area contributed by atoms with Gasteiger partial charge in [0.25, 0.3) is 5.91 Å². The van der Waals surface area contributed by atoms with Gasteiger partial charge in [0.1, 0.15) is 5.75 Å². The molecule has 0 spiro atoms. The monoisotopic (exact) mass is 304 g/mol. The number of likely N-dealkylation sites (tertiary alicyclic amines) is 1. The van der Waals surface area contributed by atoms with Crippen LogP contribution >= 0.6 is 0 Å². The smallest absolute Gasteiger partial charge is 0.263 e. The van der Waals surface area contributed by atoms with Crippen LogP contribution < -0.4 is 10.5 Å². The fraction of sp³-hybridized carbons (Fsp3) is 0.611. The average Bonchev–Trinajstić information content (AvgIpc) is 2.47. The molecule has 1 heterocycles. The molecule has 1 atom stereocenters. The van der Waals surface area contributed by atoms with E-state index >= 15 is 0 Å². The molecule has 0 bridgehead atoms. The topological polar surface area (TPSA) is 55.6 Å². The number of ether oxygens (including phenoxy) is 1. The normalized spacial score (nSPS) is 17.6. The van der Waals surface area contributed by atoms with Crippen molar-refractivity contribution in [2.45, 2.75) is 58.6 Å². The summed E-state index contributed by atoms with van der Waals surface area (Å²) in [6.45, 7) is 9.61. The minimum atomic E-state index is -0.464. The molecule has 4 heteroatoms. The molecule has 0 radical (unpaired) electrons. The molecular weight excluding hydrogens is 276 g/mol. The number of hydrogen-bond acceptors (Lipinski definition) is 3. The van der Waals surface area contributed by atoms with Gasteiger partial charge in [-0.2, -0.15) is 0 Å². The molecule has 1 amide bonds. The van der Waals surface area contributed by atoms with Crippen molar-refractivity contribution < 1.29 is 9.53 Å². The Kier molecular flexibility index (Phi) is 5.46. The zero-order valence-electron chi connectivity index (χ0n) is 14.1. The minimum Gasteiger partial charge on any atom is -0.481 e. The van der Waals surface area contributed by atoms with Crippen LogP contribution in [0.5, 0.6) is 5.75 Å². The van der Waals surface area contributed by atoms with Gasteiger partial charge in [0.05, 0.1) is 0 Å². The van der Waals surface area contributed by atoms with Crippen LogP contribution in [0, 0.1) is 6.92 Å². The van der Waals surface area contributed by atoms with Crippen molar-refractivity contribution in [3.8, 4) is 5.75 Å². The van der Waals surface area contributed by atoms with Gasteiger partial charge in [-0.25, -0.2) is 0 Å². The second-order valence-electron chi connectivity index (χ2n) is 6.62. The summed E-state index contributed by atoms with van der Waals surface area (Å²) < 4.78 is 6.01. The Balaban J connectivity index is 2.06. The second kappa shape index (κ2) is 7.14. The van der Waals surface area contributed by atoms with Crippen molar-refractivity contribution in [3.05, 3.63) is 29.3 Å². The molecule has 1 fully saturated rings. The Morgan fingerprint density at radius 3 is 2.50 bits per heavy atom. The molecule has 0 aromatic heterocycles. The summed E-state index contributed by atoms with van der Waals surface area (Å²) >= 11 is 0. The van der Waals surface area contributed by atoms with Crippen LogP contribution in [0.25, 0.3) is 0 Å². The van der Waals surface area contributed by atoms with E-state index in [2.05, 4.69) is 26.0 Å². The van der Waals surface area contributed by atoms with E-state index in [0.29, 0.717) is 5.92 Å². The summed E-state index contributed by atoms with van der Waals surface area (Å²) in [6.07, 6.45) is 1.29. The van der Waals surface area contributed by atoms with Crippen LogP contribution in [0.3, 0.4) is 0 Å². The predicted octanol–water partition coefficient (Wildman–Crippen LogP) is 2.84. The summed E-state index contributed by atoms with van der Waals surface area (Å²) in [6, 6.07) is 6.42. The van der Waals surface area contributed by atoms with Crippen molar-refractivity contribution in [2.75, 3.05) is 13.1 Å². The number of nitrogens with zero attached hydrogens (tertiary/aromatic N) is 1. The summed E-state index contributed by atoms with van der Waals surface area (Å²) in [4.78, 5) is 14.4. The number of carbonyl (C=O) groups excluding carboxylic acids is 1. The number of piperidine rings is 1. The highest BCUT2D eigenvalue weighted by Gasteiger charge is 2.26. The Hall–Kier alpha value is -1.55. The van der Waals surface area contributed by atoms with Crippen molar-refractivity contribution in [2.24, 2.45) is 5.73 Å². The Morgan fingerprint density at radius 1 is 1.27 bits per heavy atom. The lowest BCUT2D eigenvalue weighted by Gasteiger charge is -2.32. The largest absolute Gasteiger partial charge is 0.481 e. The van der Waals surface area contributed by atoms with Crippen LogP contribution in [0.15, 0.2) is 18.2 Å². The highest BCUT2D eigenvalue weighted by atomic mass is 16.5. The SMILES string of the molecule is Cc1ccc(C(C)C)c(O[C@H](C)C(=O)N2CCC(N)CC2)c1. The van der Waals surface area contributed by atoms with E-state index < -0.39 is 6.10 Å². The van der Waals surface area contributed by atoms with Gasteiger partial charge < -0.3 is 15.4 Å². The van der Waals surface area contributed by atoms with Gasteiger partial charge in [-0.3, -0.25) is 4.79 Å². The van der Waals surface area contributed by atoms with E-state index in [9.17, 15) is 4.79 Å². The number of amides is 1. The van der Waals surface area contributed by atoms with Crippen LogP contribution in [-0.2, 0) is 4.79 Å². The maximum atomic E-state index is 12.5. The minimum absolute atomic E-state index is 0.0584. The van der Waals surface area contributed by atoms with Gasteiger partial charge in [-0.15, -0.1) is 0 Å². The molecule has 1 aromatic rings. The molecule has 1 aliphatic rings. The lowest BCUT2D eigenvalue weighted by atomic mass is 10.0. The number of benzene rings is 1. The summed E-state index contributed by atoms with van der Waals surface area (Å²) in [5.74, 6) is 1.25. The average molecular weight is 304 g/mol. The van der Waals surface area contributed by atoms with Gasteiger partial charge in [-0.1, -0.05) is 26.0 Å². The van der Waals surface area contributed by atoms with Crippen LogP contribution in [0.1, 0.15) is 50.7 Å². The summed E-state index contributed by atoms with van der Waals surface area (Å²) in [7, 11) is 0. The first kappa shape index (κ1) is 16.8. The molecule has 2 rings (SSSR count). The fourth-order valence-corrected chi connectivity index (χ4v) is 2.84. The molecule has 4 nitrogen and oxygen atoms in total. The van der Waals surface area contributed by atoms with Crippen molar-refractivity contribution in [1.29, 1.82) is 0 Å². The molecule has 122 valence electrons. The highest BCUT2D eigenvalue weighted by Crippen LogP contribution is 2.28. The van der Waals surface area contributed by atoms with Crippen molar-refractivity contribution in [1.82, 2.24) is 4.90 Å². The van der Waals surface area contributed by atoms with Gasteiger partial charge in [0.2, 0.25) is 0 Å². The van der Waals surface area contributed by atoms with Gasteiger partial charge in [-0.05, 0) is 49.8 Å². The van der Waals surface area contributed by atoms with E-state index in [1.54, 1.807) is 0 Å². The van der Waals surface area contributed by atoms with Gasteiger partial charge in [0, 0.05) is 19.1 Å². The summed E-state index contributed by atoms with van der Waals surface area (Å²) in [5.41, 5.74) is 8.18. The standard InChI is InChI=1S/C18H28N2O2/c1-12(2)16-6-5-13(3)11-17(16)22-14(4)18(21)20-9-7-15(19)8-10-20/h5-6,11-12,14-15H,7-10,19H2,1-4H3/t14-/m1/s1. The van der Waals surface area contributed by atoms with E-state index in [4.69, 9.17) is 10.5 Å². The van der Waals surface area contributed by atoms with Crippen LogP contribution in [-0.4, -0.2) is 36.0 Å². The van der Waals surface area contributed by atoms with E-state index in [0.717, 1.165) is 42.8 Å². The van der Waals surface area contributed by atoms with Crippen molar-refractivity contribution in [3.63, 3.8) is 0 Å². The lowest BCUT2D eigenvalue weighted by Crippen LogP contribution is -2.47. The number of carbonyl (C=O) groups is 1. The number of nitrogens with two attached hydrogens (primary N) is 1. The second-order valence-corrected chi connectivity index (χ2v) is 6.62. The lowest BCUT2D eigenvalue weighted by molar-refractivity contribution is -0.139. The van der Waals surface area contributed by atoms with Crippen molar-refractivity contribution >= 4 is 5.91 Å². The molecular formula is C18H28N2O2. The molecule has 0 aliphatic carbocycles. The van der Waals surface area contributed by atoms with E-state index in [1.807, 2.05) is 24.8 Å². The molecule has 1 aromatic carbocycles. The fourth-order valence-electron chi connectivity index (χ4n) is 2.84. The quantitative estimate of drug-likeness (QED) is 0.930.